The highest BCUT2D eigenvalue weighted by Gasteiger charge is 2.16. The first-order valence-electron chi connectivity index (χ1n) is 9.81. The number of rotatable bonds is 10. The van der Waals surface area contributed by atoms with E-state index in [0.717, 1.165) is 5.69 Å². The maximum Gasteiger partial charge on any atom is 0.363 e. The van der Waals surface area contributed by atoms with Crippen molar-refractivity contribution in [2.24, 2.45) is 16.5 Å². The molecule has 0 spiro atoms. The molecule has 0 saturated carbocycles. The van der Waals surface area contributed by atoms with Gasteiger partial charge in [0.2, 0.25) is 11.8 Å². The van der Waals surface area contributed by atoms with Crippen LogP contribution in [0.5, 0.6) is 11.8 Å². The summed E-state index contributed by atoms with van der Waals surface area (Å²) in [5.74, 6) is -1.78. The minimum Gasteiger partial charge on any atom is -0.492 e. The Kier molecular flexibility index (Phi) is 7.26. The average molecular weight is 445 g/mol. The SMILES string of the molecule is NC(N)=NCc1cc(Cn2cc(CCCCF)nn2)cc(C(=O)On2c(O)ccc2O)c1. The van der Waals surface area contributed by atoms with Gasteiger partial charge in [-0.1, -0.05) is 11.3 Å². The molecule has 0 radical (unpaired) electrons. The summed E-state index contributed by atoms with van der Waals surface area (Å²) in [5.41, 5.74) is 13.0. The largest absolute Gasteiger partial charge is 0.492 e. The van der Waals surface area contributed by atoms with Crippen LogP contribution in [-0.4, -0.2) is 48.5 Å². The summed E-state index contributed by atoms with van der Waals surface area (Å²) < 4.78 is 14.5. The van der Waals surface area contributed by atoms with Crippen LogP contribution in [-0.2, 0) is 19.5 Å². The summed E-state index contributed by atoms with van der Waals surface area (Å²) in [4.78, 5) is 21.7. The number of unbranched alkanes of at least 4 members (excludes halogenated alkanes) is 1. The van der Waals surface area contributed by atoms with E-state index in [4.69, 9.17) is 16.3 Å². The molecular formula is C20H24FN7O4. The lowest BCUT2D eigenvalue weighted by atomic mass is 10.1. The van der Waals surface area contributed by atoms with Gasteiger partial charge in [0.15, 0.2) is 5.96 Å². The smallest absolute Gasteiger partial charge is 0.363 e. The maximum absolute atomic E-state index is 12.6. The highest BCUT2D eigenvalue weighted by molar-refractivity contribution is 5.90. The van der Waals surface area contributed by atoms with Gasteiger partial charge in [0.05, 0.1) is 31.0 Å². The van der Waals surface area contributed by atoms with E-state index >= 15 is 0 Å². The van der Waals surface area contributed by atoms with Gasteiger partial charge in [-0.2, -0.15) is 0 Å². The fourth-order valence-corrected chi connectivity index (χ4v) is 2.99. The molecule has 2 aromatic heterocycles. The number of aromatic hydroxyl groups is 2. The quantitative estimate of drug-likeness (QED) is 0.203. The Bertz CT molecular complexity index is 1090. The zero-order chi connectivity index (χ0) is 23.1. The van der Waals surface area contributed by atoms with Gasteiger partial charge in [-0.25, -0.2) is 14.5 Å². The minimum atomic E-state index is -0.815. The third kappa shape index (κ3) is 5.97. The first-order chi connectivity index (χ1) is 15.4. The van der Waals surface area contributed by atoms with E-state index in [1.807, 2.05) is 0 Å². The van der Waals surface area contributed by atoms with E-state index in [0.29, 0.717) is 41.7 Å². The van der Waals surface area contributed by atoms with Gasteiger partial charge in [0, 0.05) is 18.3 Å². The van der Waals surface area contributed by atoms with E-state index in [9.17, 15) is 19.4 Å². The van der Waals surface area contributed by atoms with Gasteiger partial charge >= 0.3 is 5.97 Å². The van der Waals surface area contributed by atoms with E-state index in [1.165, 1.54) is 12.1 Å². The summed E-state index contributed by atoms with van der Waals surface area (Å²) in [5, 5.41) is 27.5. The Labute approximate surface area is 182 Å². The number of nitrogens with zero attached hydrogens (tertiary/aromatic N) is 5. The maximum atomic E-state index is 12.6. The Morgan fingerprint density at radius 1 is 1.12 bits per heavy atom. The average Bonchev–Trinajstić information content (AvgIpc) is 3.33. The molecule has 0 bridgehead atoms. The molecule has 170 valence electrons. The second kappa shape index (κ2) is 10.3. The molecule has 0 amide bonds. The van der Waals surface area contributed by atoms with Gasteiger partial charge in [0.1, 0.15) is 0 Å². The van der Waals surface area contributed by atoms with Crippen molar-refractivity contribution in [2.75, 3.05) is 6.67 Å². The van der Waals surface area contributed by atoms with Gasteiger partial charge in [-0.3, -0.25) is 4.39 Å². The summed E-state index contributed by atoms with van der Waals surface area (Å²) >= 11 is 0. The van der Waals surface area contributed by atoms with Crippen molar-refractivity contribution >= 4 is 11.9 Å². The molecule has 3 rings (SSSR count). The van der Waals surface area contributed by atoms with Crippen molar-refractivity contribution < 1.29 is 24.2 Å². The predicted molar refractivity (Wildman–Crippen MR) is 113 cm³/mol. The van der Waals surface area contributed by atoms with Crippen molar-refractivity contribution in [3.05, 3.63) is 58.9 Å². The number of guanidine groups is 1. The van der Waals surface area contributed by atoms with E-state index in [1.54, 1.807) is 29.1 Å². The molecule has 2 heterocycles. The van der Waals surface area contributed by atoms with Crippen LogP contribution in [0.3, 0.4) is 0 Å². The summed E-state index contributed by atoms with van der Waals surface area (Å²) in [6.07, 6.45) is 3.53. The molecule has 0 saturated heterocycles. The first-order valence-corrected chi connectivity index (χ1v) is 9.81. The number of hydrogen-bond donors (Lipinski definition) is 4. The fraction of sp³-hybridized carbons (Fsp3) is 0.300. The van der Waals surface area contributed by atoms with Crippen LogP contribution in [0.2, 0.25) is 0 Å². The lowest BCUT2D eigenvalue weighted by molar-refractivity contribution is 0.0381. The zero-order valence-corrected chi connectivity index (χ0v) is 17.2. The van der Waals surface area contributed by atoms with Crippen molar-refractivity contribution in [2.45, 2.75) is 32.4 Å². The Morgan fingerprint density at radius 2 is 1.84 bits per heavy atom. The fourth-order valence-electron chi connectivity index (χ4n) is 2.99. The topological polar surface area (TPSA) is 167 Å². The molecule has 1 aromatic carbocycles. The molecule has 0 atom stereocenters. The highest BCUT2D eigenvalue weighted by Crippen LogP contribution is 2.20. The molecule has 0 aliphatic carbocycles. The van der Waals surface area contributed by atoms with E-state index in [-0.39, 0.29) is 24.7 Å². The third-order valence-electron chi connectivity index (χ3n) is 4.45. The van der Waals surface area contributed by atoms with Gasteiger partial charge in [-0.15, -0.1) is 9.83 Å². The molecule has 3 aromatic rings. The summed E-state index contributed by atoms with van der Waals surface area (Å²) in [7, 11) is 0. The molecular weight excluding hydrogens is 421 g/mol. The van der Waals surface area contributed by atoms with E-state index < -0.39 is 17.7 Å². The normalized spacial score (nSPS) is 10.8. The van der Waals surface area contributed by atoms with E-state index in [2.05, 4.69) is 15.3 Å². The van der Waals surface area contributed by atoms with Crippen LogP contribution in [0, 0.1) is 0 Å². The van der Waals surface area contributed by atoms with Crippen LogP contribution >= 0.6 is 0 Å². The number of nitrogens with two attached hydrogens (primary N) is 2. The number of halogens is 1. The molecule has 6 N–H and O–H groups in total. The van der Waals surface area contributed by atoms with Crippen molar-refractivity contribution in [1.29, 1.82) is 0 Å². The molecule has 12 heteroatoms. The molecule has 0 aliphatic heterocycles. The Morgan fingerprint density at radius 3 is 2.53 bits per heavy atom. The summed E-state index contributed by atoms with van der Waals surface area (Å²) in [6.45, 7) is 0.0581. The number of carbonyl (C=O) groups is 1. The molecule has 0 aliphatic rings. The Balaban J connectivity index is 1.82. The van der Waals surface area contributed by atoms with Gasteiger partial charge in [0.25, 0.3) is 0 Å². The second-order valence-corrected chi connectivity index (χ2v) is 7.06. The molecule has 32 heavy (non-hydrogen) atoms. The first kappa shape index (κ1) is 22.6. The monoisotopic (exact) mass is 445 g/mol. The number of aromatic nitrogens is 4. The minimum absolute atomic E-state index is 0.101. The number of benzene rings is 1. The molecule has 0 fully saturated rings. The number of carbonyl (C=O) groups excluding carboxylic acids is 1. The number of aryl methyl sites for hydroxylation is 1. The van der Waals surface area contributed by atoms with Gasteiger partial charge in [-0.05, 0) is 42.5 Å². The van der Waals surface area contributed by atoms with Crippen molar-refractivity contribution in [3.63, 3.8) is 0 Å². The van der Waals surface area contributed by atoms with Crippen molar-refractivity contribution in [3.8, 4) is 11.8 Å². The molecule has 11 nitrogen and oxygen atoms in total. The van der Waals surface area contributed by atoms with Crippen LogP contribution < -0.4 is 16.3 Å². The third-order valence-corrected chi connectivity index (χ3v) is 4.45. The number of alkyl halides is 1. The summed E-state index contributed by atoms with van der Waals surface area (Å²) in [6, 6.07) is 7.29. The Hall–Kier alpha value is -4.09. The highest BCUT2D eigenvalue weighted by atomic mass is 19.1. The standard InChI is InChI=1S/C20H24FN7O4/c21-6-2-1-3-16-12-27(26-25-16)11-14-7-13(10-24-20(22)23)8-15(9-14)19(31)32-28-17(29)4-5-18(28)30/h4-5,7-9,12,29-30H,1-3,6,10-11H2,(H4,22,23,24). The number of hydrogen-bond acceptors (Lipinski definition) is 7. The van der Waals surface area contributed by atoms with Crippen LogP contribution in [0.1, 0.15) is 40.0 Å². The van der Waals surface area contributed by atoms with Crippen molar-refractivity contribution in [1.82, 2.24) is 19.7 Å². The lowest BCUT2D eigenvalue weighted by Gasteiger charge is -2.10. The number of aliphatic imine (C=N–C) groups is 1. The van der Waals surface area contributed by atoms with Crippen LogP contribution in [0.25, 0.3) is 0 Å². The zero-order valence-electron chi connectivity index (χ0n) is 17.2. The molecule has 0 unspecified atom stereocenters. The van der Waals surface area contributed by atoms with Gasteiger partial charge < -0.3 is 26.5 Å². The lowest BCUT2D eigenvalue weighted by Crippen LogP contribution is -2.22. The van der Waals surface area contributed by atoms with Crippen LogP contribution in [0.15, 0.2) is 41.5 Å². The second-order valence-electron chi connectivity index (χ2n) is 7.06. The predicted octanol–water partition coefficient (Wildman–Crippen LogP) is 0.874. The van der Waals surface area contributed by atoms with Crippen LogP contribution in [0.4, 0.5) is 4.39 Å².